The van der Waals surface area contributed by atoms with Gasteiger partial charge < -0.3 is 30.2 Å². The Labute approximate surface area is 272 Å². The van der Waals surface area contributed by atoms with Crippen molar-refractivity contribution in [3.8, 4) is 0 Å². The van der Waals surface area contributed by atoms with Crippen molar-refractivity contribution in [1.82, 2.24) is 15.3 Å². The molecule has 0 aromatic carbocycles. The SMILES string of the molecule is C=CC1=C(C)C(CC2=NC(=C3c4[nH]c(Cc5[nH]c(C=O)c(C)c5CCO)c(C)c4C(=O)C3C(=O)OC)C(CCC(=O)O)C2C)NC1=O. The number of aliphatic hydroxyl groups excluding tert-OH is 1. The van der Waals surface area contributed by atoms with Crippen molar-refractivity contribution < 1.29 is 38.9 Å². The van der Waals surface area contributed by atoms with Crippen LogP contribution in [0.2, 0.25) is 0 Å². The largest absolute Gasteiger partial charge is 0.481 e. The fourth-order valence-electron chi connectivity index (χ4n) is 7.33. The number of aldehydes is 1. The number of carbonyl (C=O) groups is 5. The normalized spacial score (nSPS) is 23.7. The van der Waals surface area contributed by atoms with Gasteiger partial charge >= 0.3 is 11.9 Å². The molecule has 4 atom stereocenters. The molecular formula is C35H40N4O8. The predicted molar refractivity (Wildman–Crippen MR) is 173 cm³/mol. The predicted octanol–water partition coefficient (Wildman–Crippen LogP) is 3.56. The molecule has 12 nitrogen and oxygen atoms in total. The first kappa shape index (κ1) is 33.5. The Kier molecular flexibility index (Phi) is 9.35. The van der Waals surface area contributed by atoms with Crippen LogP contribution in [0.4, 0.5) is 0 Å². The van der Waals surface area contributed by atoms with Crippen molar-refractivity contribution >= 4 is 41.2 Å². The maximum atomic E-state index is 14.0. The van der Waals surface area contributed by atoms with Crippen molar-refractivity contribution in [1.29, 1.82) is 0 Å². The van der Waals surface area contributed by atoms with Gasteiger partial charge in [-0.3, -0.25) is 29.0 Å². The summed E-state index contributed by atoms with van der Waals surface area (Å²) in [6.07, 6.45) is 3.33. The molecule has 3 aliphatic rings. The fraction of sp³-hybridized carbons (Fsp3) is 0.429. The van der Waals surface area contributed by atoms with Crippen LogP contribution in [0.25, 0.3) is 5.57 Å². The van der Waals surface area contributed by atoms with Crippen molar-refractivity contribution in [2.24, 2.45) is 22.7 Å². The maximum absolute atomic E-state index is 14.0. The summed E-state index contributed by atoms with van der Waals surface area (Å²) in [5.74, 6) is -4.33. The Balaban J connectivity index is 1.66. The summed E-state index contributed by atoms with van der Waals surface area (Å²) in [4.78, 5) is 74.7. The molecule has 2 aromatic heterocycles. The number of H-pyrrole nitrogens is 2. The number of fused-ring (bicyclic) bond motifs is 1. The van der Waals surface area contributed by atoms with E-state index >= 15 is 0 Å². The number of aliphatic imine (C=N–C) groups is 1. The second kappa shape index (κ2) is 13.1. The minimum absolute atomic E-state index is 0.106. The topological polar surface area (TPSA) is 191 Å². The molecule has 248 valence electrons. The molecule has 0 fully saturated rings. The number of ether oxygens (including phenoxy) is 1. The third kappa shape index (κ3) is 5.71. The summed E-state index contributed by atoms with van der Waals surface area (Å²) in [6.45, 7) is 11.0. The van der Waals surface area contributed by atoms with Crippen LogP contribution in [0.3, 0.4) is 0 Å². The molecule has 5 rings (SSSR count). The van der Waals surface area contributed by atoms with Gasteiger partial charge in [0.05, 0.1) is 30.2 Å². The first-order chi connectivity index (χ1) is 22.4. The number of nitrogens with zero attached hydrogens (tertiary/aromatic N) is 1. The van der Waals surface area contributed by atoms with E-state index in [9.17, 15) is 34.2 Å². The van der Waals surface area contributed by atoms with Crippen LogP contribution in [-0.4, -0.2) is 75.6 Å². The summed E-state index contributed by atoms with van der Waals surface area (Å²) >= 11 is 0. The average Bonchev–Trinajstić information content (AvgIpc) is 3.77. The number of carboxylic acid groups (broad SMARTS) is 1. The van der Waals surface area contributed by atoms with E-state index in [0.29, 0.717) is 64.3 Å². The van der Waals surface area contributed by atoms with Gasteiger partial charge in [0.2, 0.25) is 0 Å². The fourth-order valence-corrected chi connectivity index (χ4v) is 7.33. The summed E-state index contributed by atoms with van der Waals surface area (Å²) in [6, 6.07) is -0.327. The van der Waals surface area contributed by atoms with E-state index in [1.165, 1.54) is 13.2 Å². The van der Waals surface area contributed by atoms with Crippen molar-refractivity contribution in [3.05, 3.63) is 74.5 Å². The number of aromatic nitrogens is 2. The molecule has 1 amide bonds. The molecule has 12 heteroatoms. The van der Waals surface area contributed by atoms with E-state index in [2.05, 4.69) is 21.9 Å². The summed E-state index contributed by atoms with van der Waals surface area (Å²) in [7, 11) is 1.22. The molecule has 0 spiro atoms. The molecular weight excluding hydrogens is 604 g/mol. The maximum Gasteiger partial charge on any atom is 0.321 e. The highest BCUT2D eigenvalue weighted by Gasteiger charge is 2.48. The van der Waals surface area contributed by atoms with E-state index in [-0.39, 0.29) is 37.3 Å². The monoisotopic (exact) mass is 644 g/mol. The van der Waals surface area contributed by atoms with Gasteiger partial charge in [-0.05, 0) is 55.9 Å². The number of nitrogens with one attached hydrogen (secondary N) is 3. The number of carbonyl (C=O) groups excluding carboxylic acids is 4. The number of aliphatic hydroxyl groups is 1. The molecule has 4 heterocycles. The van der Waals surface area contributed by atoms with E-state index in [4.69, 9.17) is 9.73 Å². The molecule has 0 saturated carbocycles. The van der Waals surface area contributed by atoms with E-state index in [0.717, 1.165) is 34.4 Å². The Morgan fingerprint density at radius 2 is 1.83 bits per heavy atom. The lowest BCUT2D eigenvalue weighted by atomic mass is 9.82. The van der Waals surface area contributed by atoms with Gasteiger partial charge in [-0.2, -0.15) is 0 Å². The third-order valence-corrected chi connectivity index (χ3v) is 10.0. The van der Waals surface area contributed by atoms with Gasteiger partial charge in [0, 0.05) is 71.5 Å². The van der Waals surface area contributed by atoms with Gasteiger partial charge in [-0.25, -0.2) is 0 Å². The molecule has 0 bridgehead atoms. The van der Waals surface area contributed by atoms with Crippen LogP contribution in [0.5, 0.6) is 0 Å². The highest BCUT2D eigenvalue weighted by Crippen LogP contribution is 2.48. The number of Topliss-reactive ketones (excluding diaryl/α,β-unsaturated/α-hetero) is 1. The zero-order chi connectivity index (χ0) is 34.3. The first-order valence-electron chi connectivity index (χ1n) is 15.7. The van der Waals surface area contributed by atoms with E-state index in [1.807, 2.05) is 20.8 Å². The lowest BCUT2D eigenvalue weighted by Crippen LogP contribution is -2.32. The van der Waals surface area contributed by atoms with Crippen LogP contribution >= 0.6 is 0 Å². The number of ketones is 1. The lowest BCUT2D eigenvalue weighted by molar-refractivity contribution is -0.142. The van der Waals surface area contributed by atoms with Crippen LogP contribution in [0.15, 0.2) is 34.5 Å². The van der Waals surface area contributed by atoms with Gasteiger partial charge in [0.15, 0.2) is 12.1 Å². The molecule has 47 heavy (non-hydrogen) atoms. The third-order valence-electron chi connectivity index (χ3n) is 10.0. The number of aliphatic carboxylic acids is 1. The van der Waals surface area contributed by atoms with Crippen LogP contribution in [0, 0.1) is 31.6 Å². The Bertz CT molecular complexity index is 1800. The van der Waals surface area contributed by atoms with Gasteiger partial charge in [0.25, 0.3) is 5.91 Å². The molecule has 2 aliphatic heterocycles. The lowest BCUT2D eigenvalue weighted by Gasteiger charge is -2.21. The number of allylic oxidation sites excluding steroid dienone is 1. The average molecular weight is 645 g/mol. The summed E-state index contributed by atoms with van der Waals surface area (Å²) < 4.78 is 5.10. The van der Waals surface area contributed by atoms with Gasteiger partial charge in [-0.15, -0.1) is 0 Å². The first-order valence-corrected chi connectivity index (χ1v) is 15.7. The number of hydrogen-bond acceptors (Lipinski definition) is 8. The number of carboxylic acids is 1. The zero-order valence-corrected chi connectivity index (χ0v) is 27.2. The second-order valence-electron chi connectivity index (χ2n) is 12.4. The number of rotatable bonds is 12. The molecule has 0 saturated heterocycles. The highest BCUT2D eigenvalue weighted by atomic mass is 16.5. The highest BCUT2D eigenvalue weighted by molar-refractivity contribution is 6.24. The van der Waals surface area contributed by atoms with Crippen LogP contribution < -0.4 is 5.32 Å². The Hall–Kier alpha value is -4.84. The number of aromatic amines is 2. The molecule has 4 unspecified atom stereocenters. The standard InChI is InChI=1S/C35H40N4O8/c1-7-19-15(2)23(39-34(19)45)12-22-17(4)21(8-9-27(42)43)31(37-22)29-30(35(46)47-6)33(44)28-18(5)24(38-32(28)29)13-25-20(10-11-40)16(3)26(14-41)36-25/h7,14,17,21,23,30,36,38,40H,1,8-13H2,2-6H3,(H,39,45)(H,42,43). The van der Waals surface area contributed by atoms with Gasteiger partial charge in [-0.1, -0.05) is 19.6 Å². The minimum atomic E-state index is -1.29. The van der Waals surface area contributed by atoms with Crippen molar-refractivity contribution in [2.45, 2.75) is 65.8 Å². The minimum Gasteiger partial charge on any atom is -0.481 e. The van der Waals surface area contributed by atoms with Crippen LogP contribution in [0.1, 0.15) is 87.7 Å². The molecule has 2 aromatic rings. The quantitative estimate of drug-likeness (QED) is 0.132. The number of hydrogen-bond donors (Lipinski definition) is 5. The van der Waals surface area contributed by atoms with E-state index < -0.39 is 29.6 Å². The number of amides is 1. The summed E-state index contributed by atoms with van der Waals surface area (Å²) in [5, 5.41) is 22.2. The number of esters is 1. The molecule has 5 N–H and O–H groups in total. The van der Waals surface area contributed by atoms with Crippen molar-refractivity contribution in [2.75, 3.05) is 13.7 Å². The smallest absolute Gasteiger partial charge is 0.321 e. The Morgan fingerprint density at radius 3 is 2.43 bits per heavy atom. The van der Waals surface area contributed by atoms with E-state index in [1.54, 1.807) is 6.92 Å². The molecule has 1 aliphatic carbocycles. The Morgan fingerprint density at radius 1 is 1.11 bits per heavy atom. The summed E-state index contributed by atoms with van der Waals surface area (Å²) in [5.41, 5.74) is 7.68. The number of methoxy groups -OCH3 is 1. The zero-order valence-electron chi connectivity index (χ0n) is 27.2. The second-order valence-corrected chi connectivity index (χ2v) is 12.4. The van der Waals surface area contributed by atoms with Crippen LogP contribution in [-0.2, 0) is 32.0 Å². The molecule has 0 radical (unpaired) electrons. The van der Waals surface area contributed by atoms with Crippen molar-refractivity contribution in [3.63, 3.8) is 0 Å². The van der Waals surface area contributed by atoms with Gasteiger partial charge in [0.1, 0.15) is 5.92 Å².